The quantitative estimate of drug-likeness (QED) is 0.690. The number of rotatable bonds is 3. The zero-order valence-corrected chi connectivity index (χ0v) is 13.3. The second kappa shape index (κ2) is 6.50. The van der Waals surface area contributed by atoms with Gasteiger partial charge in [-0.2, -0.15) is 26.3 Å². The molecule has 0 amide bonds. The third kappa shape index (κ3) is 4.59. The number of aromatic carboxylic acids is 1. The molecule has 0 saturated carbocycles. The third-order valence-electron chi connectivity index (χ3n) is 2.77. The number of aromatic nitrogens is 2. The Kier molecular flexibility index (Phi) is 4.93. The van der Waals surface area contributed by atoms with Crippen molar-refractivity contribution in [3.63, 3.8) is 0 Å². The van der Waals surface area contributed by atoms with Crippen molar-refractivity contribution >= 4 is 33.5 Å². The maximum atomic E-state index is 12.9. The van der Waals surface area contributed by atoms with Gasteiger partial charge in [-0.3, -0.25) is 0 Å². The van der Waals surface area contributed by atoms with Gasteiger partial charge in [0.15, 0.2) is 5.69 Å². The van der Waals surface area contributed by atoms with Gasteiger partial charge in [0, 0.05) is 16.4 Å². The van der Waals surface area contributed by atoms with Crippen molar-refractivity contribution in [2.24, 2.45) is 0 Å². The molecule has 0 saturated heterocycles. The first-order chi connectivity index (χ1) is 11.4. The van der Waals surface area contributed by atoms with Crippen LogP contribution in [0.15, 0.2) is 28.9 Å². The van der Waals surface area contributed by atoms with E-state index in [2.05, 4.69) is 31.2 Å². The Hall–Kier alpha value is -2.37. The average molecular weight is 430 g/mol. The Balaban J connectivity index is 2.45. The van der Waals surface area contributed by atoms with E-state index >= 15 is 0 Å². The molecular formula is C13H6BrF6N3O2. The largest absolute Gasteiger partial charge is 0.478 e. The number of anilines is 2. The lowest BCUT2D eigenvalue weighted by Crippen LogP contribution is -2.17. The highest BCUT2D eigenvalue weighted by Gasteiger charge is 2.38. The summed E-state index contributed by atoms with van der Waals surface area (Å²) in [7, 11) is 0. The van der Waals surface area contributed by atoms with E-state index in [1.807, 2.05) is 0 Å². The molecule has 0 radical (unpaired) electrons. The van der Waals surface area contributed by atoms with Crippen molar-refractivity contribution in [1.82, 2.24) is 9.97 Å². The summed E-state index contributed by atoms with van der Waals surface area (Å²) in [5.41, 5.74) is -4.19. The fourth-order valence-corrected chi connectivity index (χ4v) is 2.26. The second-order valence-corrected chi connectivity index (χ2v) is 5.53. The molecular weight excluding hydrogens is 424 g/mol. The molecule has 134 valence electrons. The van der Waals surface area contributed by atoms with Crippen LogP contribution in [0.25, 0.3) is 0 Å². The number of alkyl halides is 6. The lowest BCUT2D eigenvalue weighted by Gasteiger charge is -2.13. The van der Waals surface area contributed by atoms with E-state index in [1.54, 1.807) is 0 Å². The van der Waals surface area contributed by atoms with E-state index in [0.717, 1.165) is 12.1 Å². The minimum atomic E-state index is -5.08. The number of halogens is 7. The summed E-state index contributed by atoms with van der Waals surface area (Å²) in [6.45, 7) is 0. The molecule has 5 nitrogen and oxygen atoms in total. The van der Waals surface area contributed by atoms with Crippen LogP contribution in [0.4, 0.5) is 38.0 Å². The van der Waals surface area contributed by atoms with Crippen LogP contribution < -0.4 is 5.32 Å². The van der Waals surface area contributed by atoms with Gasteiger partial charge < -0.3 is 10.4 Å². The van der Waals surface area contributed by atoms with E-state index in [4.69, 9.17) is 5.11 Å². The summed E-state index contributed by atoms with van der Waals surface area (Å²) >= 11 is 2.86. The summed E-state index contributed by atoms with van der Waals surface area (Å²) in [5.74, 6) is -2.59. The zero-order chi connectivity index (χ0) is 19.0. The predicted octanol–water partition coefficient (Wildman–Crippen LogP) is 4.72. The van der Waals surface area contributed by atoms with E-state index in [9.17, 15) is 31.1 Å². The Labute approximate surface area is 143 Å². The number of nitrogens with zero attached hydrogens (tertiary/aromatic N) is 2. The summed E-state index contributed by atoms with van der Waals surface area (Å²) < 4.78 is 76.9. The average Bonchev–Trinajstić information content (AvgIpc) is 2.44. The number of carboxylic acids is 1. The van der Waals surface area contributed by atoms with Crippen molar-refractivity contribution in [1.29, 1.82) is 0 Å². The Morgan fingerprint density at radius 2 is 1.72 bits per heavy atom. The monoisotopic (exact) mass is 429 g/mol. The molecule has 1 heterocycles. The van der Waals surface area contributed by atoms with Gasteiger partial charge in [0.1, 0.15) is 5.56 Å². The number of hydrogen-bond donors (Lipinski definition) is 2. The molecule has 2 N–H and O–H groups in total. The van der Waals surface area contributed by atoms with Gasteiger partial charge >= 0.3 is 18.3 Å². The van der Waals surface area contributed by atoms with Crippen LogP contribution in [0.1, 0.15) is 21.6 Å². The minimum absolute atomic E-state index is 0.0167. The number of benzene rings is 1. The first-order valence-electron chi connectivity index (χ1n) is 6.20. The molecule has 0 bridgehead atoms. The minimum Gasteiger partial charge on any atom is -0.478 e. The predicted molar refractivity (Wildman–Crippen MR) is 76.4 cm³/mol. The van der Waals surface area contributed by atoms with Gasteiger partial charge in [-0.15, -0.1) is 0 Å². The normalized spacial score (nSPS) is 12.1. The number of carbonyl (C=O) groups is 1. The molecule has 2 aromatic rings. The third-order valence-corrected chi connectivity index (χ3v) is 3.23. The van der Waals surface area contributed by atoms with E-state index in [1.165, 1.54) is 0 Å². The molecule has 0 atom stereocenters. The van der Waals surface area contributed by atoms with E-state index < -0.39 is 41.1 Å². The topological polar surface area (TPSA) is 75.1 Å². The molecule has 0 aliphatic carbocycles. The lowest BCUT2D eigenvalue weighted by atomic mass is 10.2. The van der Waals surface area contributed by atoms with Gasteiger partial charge in [-0.05, 0) is 18.2 Å². The summed E-state index contributed by atoms with van der Waals surface area (Å²) in [6.07, 6.45) is -9.34. The maximum absolute atomic E-state index is 12.9. The fourth-order valence-electron chi connectivity index (χ4n) is 1.77. The molecule has 0 spiro atoms. The lowest BCUT2D eigenvalue weighted by molar-refractivity contribution is -0.141. The summed E-state index contributed by atoms with van der Waals surface area (Å²) in [6, 6.07) is 2.59. The first kappa shape index (κ1) is 19.0. The molecule has 0 unspecified atom stereocenters. The summed E-state index contributed by atoms with van der Waals surface area (Å²) in [5, 5.41) is 10.9. The highest BCUT2D eigenvalue weighted by Crippen LogP contribution is 2.35. The summed E-state index contributed by atoms with van der Waals surface area (Å²) in [4.78, 5) is 17.3. The molecule has 2 rings (SSSR count). The van der Waals surface area contributed by atoms with Crippen LogP contribution in [0, 0.1) is 0 Å². The second-order valence-electron chi connectivity index (χ2n) is 4.61. The van der Waals surface area contributed by atoms with E-state index in [-0.39, 0.29) is 10.2 Å². The number of carboxylic acid groups (broad SMARTS) is 1. The van der Waals surface area contributed by atoms with Gasteiger partial charge in [0.05, 0.1) is 5.56 Å². The van der Waals surface area contributed by atoms with Crippen LogP contribution in [0.2, 0.25) is 0 Å². The van der Waals surface area contributed by atoms with Crippen molar-refractivity contribution in [3.8, 4) is 0 Å². The van der Waals surface area contributed by atoms with Gasteiger partial charge in [-0.25, -0.2) is 14.8 Å². The van der Waals surface area contributed by atoms with Gasteiger partial charge in [0.2, 0.25) is 5.95 Å². The van der Waals surface area contributed by atoms with Crippen LogP contribution in [0.3, 0.4) is 0 Å². The van der Waals surface area contributed by atoms with Crippen LogP contribution in [0.5, 0.6) is 0 Å². The maximum Gasteiger partial charge on any atom is 0.434 e. The van der Waals surface area contributed by atoms with E-state index in [0.29, 0.717) is 12.3 Å². The van der Waals surface area contributed by atoms with Crippen LogP contribution in [-0.2, 0) is 12.4 Å². The van der Waals surface area contributed by atoms with Crippen LogP contribution in [-0.4, -0.2) is 21.0 Å². The molecule has 1 aromatic heterocycles. The molecule has 1 aromatic carbocycles. The number of nitrogens with one attached hydrogen (secondary N) is 1. The Morgan fingerprint density at radius 3 is 2.24 bits per heavy atom. The standard InChI is InChI=1S/C13H6BrF6N3O2/c14-6-1-5(12(15,16)17)2-7(3-6)22-11-21-4-8(10(24)25)9(23-11)13(18,19)20/h1-4H,(H,24,25)(H,21,22,23). The smallest absolute Gasteiger partial charge is 0.434 e. The molecule has 0 aliphatic heterocycles. The van der Waals surface area contributed by atoms with Crippen LogP contribution >= 0.6 is 15.9 Å². The molecule has 12 heteroatoms. The highest BCUT2D eigenvalue weighted by molar-refractivity contribution is 9.10. The fraction of sp³-hybridized carbons (Fsp3) is 0.154. The molecule has 0 aliphatic rings. The Bertz CT molecular complexity index is 822. The van der Waals surface area contributed by atoms with Gasteiger partial charge in [-0.1, -0.05) is 15.9 Å². The van der Waals surface area contributed by atoms with Crippen molar-refractivity contribution in [3.05, 3.63) is 45.7 Å². The highest BCUT2D eigenvalue weighted by atomic mass is 79.9. The molecule has 25 heavy (non-hydrogen) atoms. The molecule has 0 fully saturated rings. The first-order valence-corrected chi connectivity index (χ1v) is 6.99. The Morgan fingerprint density at radius 1 is 1.08 bits per heavy atom. The SMILES string of the molecule is O=C(O)c1cnc(Nc2cc(Br)cc(C(F)(F)F)c2)nc1C(F)(F)F. The van der Waals surface area contributed by atoms with Crippen molar-refractivity contribution in [2.45, 2.75) is 12.4 Å². The number of hydrogen-bond acceptors (Lipinski definition) is 4. The van der Waals surface area contributed by atoms with Crippen molar-refractivity contribution < 1.29 is 36.2 Å². The van der Waals surface area contributed by atoms with Gasteiger partial charge in [0.25, 0.3) is 0 Å². The zero-order valence-electron chi connectivity index (χ0n) is 11.7. The van der Waals surface area contributed by atoms with Crippen molar-refractivity contribution in [2.75, 3.05) is 5.32 Å².